The first-order valence-corrected chi connectivity index (χ1v) is 6.42. The summed E-state index contributed by atoms with van der Waals surface area (Å²) in [5.74, 6) is -0.670. The molecule has 0 aliphatic heterocycles. The lowest BCUT2D eigenvalue weighted by atomic mass is 10.1. The SMILES string of the molecule is COc1ccc(NC(=O)c2ccoc2Br)c(C(F)(F)F)c1. The van der Waals surface area contributed by atoms with Crippen LogP contribution in [0.1, 0.15) is 15.9 Å². The molecule has 0 aliphatic rings. The number of nitrogens with one attached hydrogen (secondary N) is 1. The van der Waals surface area contributed by atoms with Gasteiger partial charge >= 0.3 is 6.18 Å². The minimum Gasteiger partial charge on any atom is -0.497 e. The zero-order chi connectivity index (χ0) is 15.6. The van der Waals surface area contributed by atoms with Gasteiger partial charge in [-0.1, -0.05) is 0 Å². The highest BCUT2D eigenvalue weighted by atomic mass is 79.9. The number of amides is 1. The maximum absolute atomic E-state index is 13.0. The van der Waals surface area contributed by atoms with Crippen molar-refractivity contribution in [2.75, 3.05) is 12.4 Å². The van der Waals surface area contributed by atoms with Crippen LogP contribution in [0.3, 0.4) is 0 Å². The van der Waals surface area contributed by atoms with Crippen LogP contribution in [-0.4, -0.2) is 13.0 Å². The van der Waals surface area contributed by atoms with E-state index in [0.717, 1.165) is 12.1 Å². The monoisotopic (exact) mass is 363 g/mol. The van der Waals surface area contributed by atoms with Crippen LogP contribution in [0.4, 0.5) is 18.9 Å². The van der Waals surface area contributed by atoms with E-state index in [2.05, 4.69) is 21.2 Å². The van der Waals surface area contributed by atoms with E-state index in [1.54, 1.807) is 0 Å². The first-order valence-electron chi connectivity index (χ1n) is 5.62. The standard InChI is InChI=1S/C13H9BrF3NO3/c1-20-7-2-3-10(9(6-7)13(15,16)17)18-12(19)8-4-5-21-11(8)14/h2-6H,1H3,(H,18,19). The fourth-order valence-corrected chi connectivity index (χ4v) is 2.06. The Labute approximate surface area is 126 Å². The number of ether oxygens (including phenoxy) is 1. The molecule has 0 aliphatic carbocycles. The molecule has 0 saturated carbocycles. The fraction of sp³-hybridized carbons (Fsp3) is 0.154. The lowest BCUT2D eigenvalue weighted by Gasteiger charge is -2.14. The molecule has 0 bridgehead atoms. The second kappa shape index (κ2) is 5.80. The van der Waals surface area contributed by atoms with Crippen LogP contribution >= 0.6 is 15.9 Å². The molecule has 0 saturated heterocycles. The molecule has 2 aromatic rings. The average Bonchev–Trinajstić information content (AvgIpc) is 2.84. The Bertz CT molecular complexity index is 667. The Morgan fingerprint density at radius 2 is 2.05 bits per heavy atom. The third kappa shape index (κ3) is 3.38. The Balaban J connectivity index is 2.36. The number of carbonyl (C=O) groups is 1. The van der Waals surface area contributed by atoms with Crippen molar-refractivity contribution in [3.63, 3.8) is 0 Å². The van der Waals surface area contributed by atoms with Gasteiger partial charge in [-0.3, -0.25) is 4.79 Å². The molecule has 0 spiro atoms. The third-order valence-electron chi connectivity index (χ3n) is 2.64. The predicted octanol–water partition coefficient (Wildman–Crippen LogP) is 4.32. The number of hydrogen-bond acceptors (Lipinski definition) is 3. The topological polar surface area (TPSA) is 51.5 Å². The Hall–Kier alpha value is -1.96. The molecule has 1 heterocycles. The molecule has 4 nitrogen and oxygen atoms in total. The van der Waals surface area contributed by atoms with Gasteiger partial charge in [0, 0.05) is 0 Å². The van der Waals surface area contributed by atoms with E-state index >= 15 is 0 Å². The van der Waals surface area contributed by atoms with E-state index in [-0.39, 0.29) is 21.7 Å². The van der Waals surface area contributed by atoms with Gasteiger partial charge in [-0.05, 0) is 40.2 Å². The van der Waals surface area contributed by atoms with Gasteiger partial charge in [-0.25, -0.2) is 0 Å². The van der Waals surface area contributed by atoms with Crippen LogP contribution in [0.5, 0.6) is 5.75 Å². The van der Waals surface area contributed by atoms with Crippen LogP contribution in [-0.2, 0) is 6.18 Å². The Morgan fingerprint density at radius 1 is 1.33 bits per heavy atom. The van der Waals surface area contributed by atoms with E-state index in [1.807, 2.05) is 0 Å². The number of anilines is 1. The molecule has 0 atom stereocenters. The van der Waals surface area contributed by atoms with Gasteiger partial charge in [0.1, 0.15) is 5.75 Å². The summed E-state index contributed by atoms with van der Waals surface area (Å²) in [6.45, 7) is 0. The number of hydrogen-bond donors (Lipinski definition) is 1. The number of furan rings is 1. The first kappa shape index (κ1) is 15.4. The van der Waals surface area contributed by atoms with Crippen LogP contribution in [0.25, 0.3) is 0 Å². The number of alkyl halides is 3. The Morgan fingerprint density at radius 3 is 2.57 bits per heavy atom. The summed E-state index contributed by atoms with van der Waals surface area (Å²) in [5.41, 5.74) is -1.25. The maximum atomic E-state index is 13.0. The van der Waals surface area contributed by atoms with Crippen molar-refractivity contribution in [1.82, 2.24) is 0 Å². The van der Waals surface area contributed by atoms with Gasteiger partial charge in [0.25, 0.3) is 5.91 Å². The van der Waals surface area contributed by atoms with Gasteiger partial charge in [0.15, 0.2) is 4.67 Å². The minimum atomic E-state index is -4.62. The lowest BCUT2D eigenvalue weighted by Crippen LogP contribution is -2.16. The minimum absolute atomic E-state index is 0.0461. The molecule has 8 heteroatoms. The van der Waals surface area contributed by atoms with E-state index < -0.39 is 17.6 Å². The van der Waals surface area contributed by atoms with Crippen molar-refractivity contribution in [3.05, 3.63) is 46.3 Å². The smallest absolute Gasteiger partial charge is 0.418 e. The van der Waals surface area contributed by atoms with Gasteiger partial charge in [0.05, 0.1) is 30.2 Å². The van der Waals surface area contributed by atoms with Crippen LogP contribution in [0.15, 0.2) is 39.6 Å². The summed E-state index contributed by atoms with van der Waals surface area (Å²) in [4.78, 5) is 11.9. The fourth-order valence-electron chi connectivity index (χ4n) is 1.64. The van der Waals surface area contributed by atoms with Crippen molar-refractivity contribution in [2.45, 2.75) is 6.18 Å². The second-order valence-electron chi connectivity index (χ2n) is 3.97. The van der Waals surface area contributed by atoms with Crippen molar-refractivity contribution in [1.29, 1.82) is 0 Å². The number of methoxy groups -OCH3 is 1. The van der Waals surface area contributed by atoms with Gasteiger partial charge < -0.3 is 14.5 Å². The zero-order valence-electron chi connectivity index (χ0n) is 10.6. The molecule has 1 aromatic heterocycles. The first-order chi connectivity index (χ1) is 9.82. The molecule has 0 radical (unpaired) electrons. The van der Waals surface area contributed by atoms with Gasteiger partial charge in [0.2, 0.25) is 0 Å². The van der Waals surface area contributed by atoms with Crippen molar-refractivity contribution < 1.29 is 27.1 Å². The van der Waals surface area contributed by atoms with Crippen LogP contribution < -0.4 is 10.1 Å². The summed E-state index contributed by atoms with van der Waals surface area (Å²) in [7, 11) is 1.26. The number of halogens is 4. The Kier molecular flexibility index (Phi) is 4.26. The largest absolute Gasteiger partial charge is 0.497 e. The molecule has 1 amide bonds. The molecule has 2 rings (SSSR count). The van der Waals surface area contributed by atoms with Crippen LogP contribution in [0.2, 0.25) is 0 Å². The van der Waals surface area contributed by atoms with E-state index in [0.29, 0.717) is 0 Å². The molecule has 0 unspecified atom stereocenters. The third-order valence-corrected chi connectivity index (χ3v) is 3.26. The van der Waals surface area contributed by atoms with Gasteiger partial charge in [-0.2, -0.15) is 13.2 Å². The summed E-state index contributed by atoms with van der Waals surface area (Å²) in [6.07, 6.45) is -3.37. The lowest BCUT2D eigenvalue weighted by molar-refractivity contribution is -0.137. The molecular weight excluding hydrogens is 355 g/mol. The summed E-state index contributed by atoms with van der Waals surface area (Å²) >= 11 is 2.99. The zero-order valence-corrected chi connectivity index (χ0v) is 12.2. The predicted molar refractivity (Wildman–Crippen MR) is 72.4 cm³/mol. The second-order valence-corrected chi connectivity index (χ2v) is 4.69. The van der Waals surface area contributed by atoms with Crippen molar-refractivity contribution >= 4 is 27.5 Å². The van der Waals surface area contributed by atoms with E-state index in [1.165, 1.54) is 25.5 Å². The summed E-state index contributed by atoms with van der Waals surface area (Å²) in [5, 5.41) is 2.21. The quantitative estimate of drug-likeness (QED) is 0.883. The van der Waals surface area contributed by atoms with Gasteiger partial charge in [-0.15, -0.1) is 0 Å². The molecule has 1 aromatic carbocycles. The van der Waals surface area contributed by atoms with E-state index in [4.69, 9.17) is 9.15 Å². The van der Waals surface area contributed by atoms with Crippen molar-refractivity contribution in [3.8, 4) is 5.75 Å². The highest BCUT2D eigenvalue weighted by Gasteiger charge is 2.34. The molecule has 0 fully saturated rings. The van der Waals surface area contributed by atoms with Crippen molar-refractivity contribution in [2.24, 2.45) is 0 Å². The average molecular weight is 364 g/mol. The number of benzene rings is 1. The molecular formula is C13H9BrF3NO3. The van der Waals surface area contributed by atoms with E-state index in [9.17, 15) is 18.0 Å². The summed E-state index contributed by atoms with van der Waals surface area (Å²) in [6, 6.07) is 4.62. The van der Waals surface area contributed by atoms with Crippen LogP contribution in [0, 0.1) is 0 Å². The maximum Gasteiger partial charge on any atom is 0.418 e. The number of carbonyl (C=O) groups excluding carboxylic acids is 1. The molecule has 21 heavy (non-hydrogen) atoms. The molecule has 1 N–H and O–H groups in total. The highest BCUT2D eigenvalue weighted by Crippen LogP contribution is 2.37. The summed E-state index contributed by atoms with van der Waals surface area (Å²) < 4.78 is 48.8. The highest BCUT2D eigenvalue weighted by molar-refractivity contribution is 9.10. The normalized spacial score (nSPS) is 11.3. The molecule has 112 valence electrons. The number of rotatable bonds is 3.